The van der Waals surface area contributed by atoms with E-state index in [0.717, 1.165) is 11.4 Å². The smallest absolute Gasteiger partial charge is 0.0342 e. The third-order valence-electron chi connectivity index (χ3n) is 4.23. The lowest BCUT2D eigenvalue weighted by Crippen LogP contribution is -2.09. The second-order valence-corrected chi connectivity index (χ2v) is 7.33. The summed E-state index contributed by atoms with van der Waals surface area (Å²) in [6, 6.07) is 26.9. The van der Waals surface area contributed by atoms with Crippen molar-refractivity contribution in [2.75, 3.05) is 10.6 Å². The number of nitrogens with one attached hydrogen (secondary N) is 2. The normalized spacial score (nSPS) is 11.0. The molecule has 0 unspecified atom stereocenters. The summed E-state index contributed by atoms with van der Waals surface area (Å²) >= 11 is 0. The fourth-order valence-electron chi connectivity index (χ4n) is 3.04. The highest BCUT2D eigenvalue weighted by Crippen LogP contribution is 2.27. The van der Waals surface area contributed by atoms with Crippen LogP contribution in [0.25, 0.3) is 22.3 Å². The van der Waals surface area contributed by atoms with Crippen LogP contribution in [0.3, 0.4) is 0 Å². The van der Waals surface area contributed by atoms with Gasteiger partial charge in [-0.05, 0) is 74.2 Å². The zero-order chi connectivity index (χ0) is 18.5. The first-order chi connectivity index (χ1) is 12.5. The summed E-state index contributed by atoms with van der Waals surface area (Å²) in [7, 11) is 0. The van der Waals surface area contributed by atoms with Crippen molar-refractivity contribution in [2.24, 2.45) is 0 Å². The van der Waals surface area contributed by atoms with Crippen molar-refractivity contribution >= 4 is 11.4 Å². The van der Waals surface area contributed by atoms with Crippen molar-refractivity contribution in [3.63, 3.8) is 0 Å². The molecular formula is C24H28N2. The van der Waals surface area contributed by atoms with Gasteiger partial charge in [0, 0.05) is 23.5 Å². The standard InChI is InChI=1S/C24H28N2/c1-17(2)25-23-13-9-21(10-14-23)19-5-7-20(8-6-19)22-11-15-24(16-12-22)26-18(3)4/h5-18,25-26H,1-4H3. The SMILES string of the molecule is CC(C)Nc1ccc(-c2ccc(-c3ccc(NC(C)C)cc3)cc2)cc1. The second-order valence-electron chi connectivity index (χ2n) is 7.33. The maximum absolute atomic E-state index is 3.43. The van der Waals surface area contributed by atoms with Crippen molar-refractivity contribution < 1.29 is 0 Å². The van der Waals surface area contributed by atoms with Crippen LogP contribution in [0.4, 0.5) is 11.4 Å². The number of benzene rings is 3. The summed E-state index contributed by atoms with van der Waals surface area (Å²) in [6.07, 6.45) is 0. The Morgan fingerprint density at radius 1 is 0.423 bits per heavy atom. The van der Waals surface area contributed by atoms with Crippen LogP contribution in [0, 0.1) is 0 Å². The molecule has 0 aliphatic rings. The monoisotopic (exact) mass is 344 g/mol. The molecule has 2 heteroatoms. The Hall–Kier alpha value is -2.74. The lowest BCUT2D eigenvalue weighted by molar-refractivity contribution is 0.899. The van der Waals surface area contributed by atoms with E-state index in [1.807, 2.05) is 0 Å². The van der Waals surface area contributed by atoms with Gasteiger partial charge in [-0.25, -0.2) is 0 Å². The van der Waals surface area contributed by atoms with Crippen LogP contribution < -0.4 is 10.6 Å². The van der Waals surface area contributed by atoms with Crippen molar-refractivity contribution in [1.29, 1.82) is 0 Å². The average Bonchev–Trinajstić information content (AvgIpc) is 2.62. The molecule has 2 N–H and O–H groups in total. The lowest BCUT2D eigenvalue weighted by atomic mass is 10.00. The van der Waals surface area contributed by atoms with Crippen molar-refractivity contribution in [1.82, 2.24) is 0 Å². The highest BCUT2D eigenvalue weighted by molar-refractivity contribution is 5.72. The third-order valence-corrected chi connectivity index (χ3v) is 4.23. The number of rotatable bonds is 6. The Labute approximate surface area is 157 Å². The summed E-state index contributed by atoms with van der Waals surface area (Å²) in [5.74, 6) is 0. The van der Waals surface area contributed by atoms with Crippen LogP contribution in [-0.2, 0) is 0 Å². The first-order valence-corrected chi connectivity index (χ1v) is 9.35. The number of anilines is 2. The van der Waals surface area contributed by atoms with Gasteiger partial charge in [-0.15, -0.1) is 0 Å². The molecule has 0 fully saturated rings. The molecule has 0 amide bonds. The quantitative estimate of drug-likeness (QED) is 0.522. The number of hydrogen-bond acceptors (Lipinski definition) is 2. The Kier molecular flexibility index (Phi) is 5.62. The first-order valence-electron chi connectivity index (χ1n) is 9.35. The van der Waals surface area contributed by atoms with Gasteiger partial charge in [0.1, 0.15) is 0 Å². The van der Waals surface area contributed by atoms with Gasteiger partial charge in [-0.2, -0.15) is 0 Å². The highest BCUT2D eigenvalue weighted by atomic mass is 14.9. The zero-order valence-electron chi connectivity index (χ0n) is 16.1. The van der Waals surface area contributed by atoms with Crippen LogP contribution in [0.1, 0.15) is 27.7 Å². The van der Waals surface area contributed by atoms with Gasteiger partial charge in [-0.1, -0.05) is 48.5 Å². The molecule has 26 heavy (non-hydrogen) atoms. The second kappa shape index (κ2) is 8.09. The van der Waals surface area contributed by atoms with Crippen molar-refractivity contribution in [3.8, 4) is 22.3 Å². The van der Waals surface area contributed by atoms with Gasteiger partial charge in [0.15, 0.2) is 0 Å². The molecule has 0 radical (unpaired) electrons. The van der Waals surface area contributed by atoms with E-state index in [2.05, 4.69) is 111 Å². The predicted molar refractivity (Wildman–Crippen MR) is 115 cm³/mol. The summed E-state index contributed by atoms with van der Waals surface area (Å²) in [4.78, 5) is 0. The molecule has 0 saturated carbocycles. The van der Waals surface area contributed by atoms with Gasteiger partial charge in [-0.3, -0.25) is 0 Å². The highest BCUT2D eigenvalue weighted by Gasteiger charge is 2.02. The van der Waals surface area contributed by atoms with E-state index in [0.29, 0.717) is 12.1 Å². The van der Waals surface area contributed by atoms with E-state index in [1.54, 1.807) is 0 Å². The van der Waals surface area contributed by atoms with Gasteiger partial charge < -0.3 is 10.6 Å². The fraction of sp³-hybridized carbons (Fsp3) is 0.250. The molecule has 0 spiro atoms. The summed E-state index contributed by atoms with van der Waals surface area (Å²) < 4.78 is 0. The van der Waals surface area contributed by atoms with Gasteiger partial charge in [0.25, 0.3) is 0 Å². The molecule has 0 aromatic heterocycles. The van der Waals surface area contributed by atoms with Gasteiger partial charge in [0.05, 0.1) is 0 Å². The summed E-state index contributed by atoms with van der Waals surface area (Å²) in [6.45, 7) is 8.60. The van der Waals surface area contributed by atoms with E-state index >= 15 is 0 Å². The largest absolute Gasteiger partial charge is 0.383 e. The molecule has 134 valence electrons. The molecule has 0 saturated heterocycles. The Morgan fingerprint density at radius 3 is 0.885 bits per heavy atom. The van der Waals surface area contributed by atoms with Crippen LogP contribution in [0.15, 0.2) is 72.8 Å². The van der Waals surface area contributed by atoms with E-state index in [9.17, 15) is 0 Å². The molecule has 3 aromatic rings. The van der Waals surface area contributed by atoms with Crippen LogP contribution in [-0.4, -0.2) is 12.1 Å². The maximum Gasteiger partial charge on any atom is 0.0342 e. The van der Waals surface area contributed by atoms with Crippen molar-refractivity contribution in [2.45, 2.75) is 39.8 Å². The van der Waals surface area contributed by atoms with Crippen LogP contribution in [0.5, 0.6) is 0 Å². The minimum absolute atomic E-state index is 0.447. The molecule has 0 heterocycles. The molecule has 0 bridgehead atoms. The minimum Gasteiger partial charge on any atom is -0.383 e. The minimum atomic E-state index is 0.447. The van der Waals surface area contributed by atoms with E-state index in [-0.39, 0.29) is 0 Å². The van der Waals surface area contributed by atoms with Gasteiger partial charge >= 0.3 is 0 Å². The van der Waals surface area contributed by atoms with Crippen LogP contribution >= 0.6 is 0 Å². The third kappa shape index (κ3) is 4.66. The molecule has 0 atom stereocenters. The molecule has 3 aromatic carbocycles. The van der Waals surface area contributed by atoms with E-state index < -0.39 is 0 Å². The first kappa shape index (κ1) is 18.1. The van der Waals surface area contributed by atoms with E-state index in [1.165, 1.54) is 22.3 Å². The lowest BCUT2D eigenvalue weighted by Gasteiger charge is -2.11. The molecule has 3 rings (SSSR count). The Morgan fingerprint density at radius 2 is 0.654 bits per heavy atom. The molecular weight excluding hydrogens is 316 g/mol. The van der Waals surface area contributed by atoms with Crippen molar-refractivity contribution in [3.05, 3.63) is 72.8 Å². The topological polar surface area (TPSA) is 24.1 Å². The Balaban J connectivity index is 1.73. The fourth-order valence-corrected chi connectivity index (χ4v) is 3.04. The molecule has 0 aliphatic heterocycles. The predicted octanol–water partition coefficient (Wildman–Crippen LogP) is 6.66. The van der Waals surface area contributed by atoms with E-state index in [4.69, 9.17) is 0 Å². The molecule has 0 aliphatic carbocycles. The molecule has 2 nitrogen and oxygen atoms in total. The summed E-state index contributed by atoms with van der Waals surface area (Å²) in [5.41, 5.74) is 7.28. The zero-order valence-corrected chi connectivity index (χ0v) is 16.1. The summed E-state index contributed by atoms with van der Waals surface area (Å²) in [5, 5.41) is 6.85. The van der Waals surface area contributed by atoms with Crippen LogP contribution in [0.2, 0.25) is 0 Å². The average molecular weight is 345 g/mol. The number of hydrogen-bond donors (Lipinski definition) is 2. The maximum atomic E-state index is 3.43. The van der Waals surface area contributed by atoms with Gasteiger partial charge in [0.2, 0.25) is 0 Å². The Bertz CT molecular complexity index is 741.